The Bertz CT molecular complexity index is 481. The van der Waals surface area contributed by atoms with Crippen LogP contribution in [0.1, 0.15) is 12.8 Å². The maximum absolute atomic E-state index is 11.6. The van der Waals surface area contributed by atoms with Gasteiger partial charge in [-0.1, -0.05) is 0 Å². The van der Waals surface area contributed by atoms with E-state index < -0.39 is 16.0 Å². The minimum Gasteiger partial charge on any atom is -1.00 e. The number of nitro groups is 2. The van der Waals surface area contributed by atoms with Crippen LogP contribution in [0, 0.1) is 20.2 Å². The first-order valence-corrected chi connectivity index (χ1v) is 6.03. The molecule has 0 amide bonds. The Morgan fingerprint density at radius 2 is 1.85 bits per heavy atom. The van der Waals surface area contributed by atoms with Gasteiger partial charge in [-0.3, -0.25) is 20.2 Å². The van der Waals surface area contributed by atoms with Crippen molar-refractivity contribution >= 4 is 0 Å². The van der Waals surface area contributed by atoms with Gasteiger partial charge in [-0.05, 0) is 6.08 Å². The fraction of sp³-hybridized carbons (Fsp3) is 0.818. The number of methoxy groups -OCH3 is 1. The Morgan fingerprint density at radius 1 is 1.25 bits per heavy atom. The van der Waals surface area contributed by atoms with Crippen LogP contribution in [-0.4, -0.2) is 59.7 Å². The summed E-state index contributed by atoms with van der Waals surface area (Å²) in [7, 11) is 4.95. The lowest BCUT2D eigenvalue weighted by atomic mass is 9.70. The summed E-state index contributed by atoms with van der Waals surface area (Å²) in [5, 5.41) is 23.0. The van der Waals surface area contributed by atoms with Gasteiger partial charge in [0, 0.05) is 16.3 Å². The van der Waals surface area contributed by atoms with E-state index in [2.05, 4.69) is 0 Å². The fourth-order valence-electron chi connectivity index (χ4n) is 3.67. The van der Waals surface area contributed by atoms with Crippen LogP contribution in [0.5, 0.6) is 0 Å². The number of rotatable bonds is 3. The summed E-state index contributed by atoms with van der Waals surface area (Å²) in [6.45, 7) is 0.498. The molecule has 1 aliphatic carbocycles. The van der Waals surface area contributed by atoms with Crippen LogP contribution in [-0.2, 0) is 4.74 Å². The zero-order chi connectivity index (χ0) is 14.5. The van der Waals surface area contributed by atoms with Gasteiger partial charge in [0.05, 0.1) is 21.2 Å². The Morgan fingerprint density at radius 3 is 2.30 bits per heavy atom. The quantitative estimate of drug-likeness (QED) is 0.225. The SMILES string of the molecule is COC1=CCC2([N+](=O)[O-])CC1([N+](=O)[O-])C[N+](C)(C)C2.[I-]. The van der Waals surface area contributed by atoms with Crippen LogP contribution in [0.25, 0.3) is 0 Å². The molecule has 0 aromatic carbocycles. The smallest absolute Gasteiger partial charge is 0.331 e. The number of hydrogen-bond acceptors (Lipinski definition) is 5. The highest BCUT2D eigenvalue weighted by molar-refractivity contribution is 5.21. The van der Waals surface area contributed by atoms with E-state index in [1.165, 1.54) is 13.2 Å². The van der Waals surface area contributed by atoms with Gasteiger partial charge in [0.2, 0.25) is 0 Å². The van der Waals surface area contributed by atoms with Gasteiger partial charge >= 0.3 is 5.54 Å². The second-order valence-corrected chi connectivity index (χ2v) is 6.18. The molecular weight excluding hydrogens is 381 g/mol. The zero-order valence-electron chi connectivity index (χ0n) is 11.7. The standard InChI is InChI=1S/C11H18N3O5.HI/c1-14(2)7-10(12(15)16)5-4-9(19-3)11(6-10,8-14)13(17)18;/h4H,5-8H2,1-3H3;1H/q+1;/p-1. The number of likely N-dealkylation sites (tertiary alicyclic amines) is 1. The van der Waals surface area contributed by atoms with Gasteiger partial charge in [0.15, 0.2) is 18.8 Å². The normalized spacial score (nSPS) is 34.5. The predicted octanol–water partition coefficient (Wildman–Crippen LogP) is -2.56. The lowest BCUT2D eigenvalue weighted by Crippen LogP contribution is -3.00. The maximum atomic E-state index is 11.6. The number of ether oxygens (including phenoxy) is 1. The van der Waals surface area contributed by atoms with Crippen LogP contribution in [0.2, 0.25) is 0 Å². The van der Waals surface area contributed by atoms with Gasteiger partial charge in [0.1, 0.15) is 6.42 Å². The van der Waals surface area contributed by atoms with Crippen molar-refractivity contribution in [2.75, 3.05) is 34.3 Å². The van der Waals surface area contributed by atoms with E-state index in [-0.39, 0.29) is 58.5 Å². The number of likely N-dealkylation sites (N-methyl/N-ethyl adjacent to an activating group) is 1. The van der Waals surface area contributed by atoms with E-state index in [1.807, 2.05) is 0 Å². The molecule has 0 spiro atoms. The third-order valence-electron chi connectivity index (χ3n) is 4.12. The molecule has 0 aromatic heterocycles. The molecule has 9 heteroatoms. The molecule has 0 N–H and O–H groups in total. The fourth-order valence-corrected chi connectivity index (χ4v) is 3.67. The average Bonchev–Trinajstić information content (AvgIpc) is 2.26. The number of fused-ring (bicyclic) bond motifs is 2. The highest BCUT2D eigenvalue weighted by Gasteiger charge is 2.70. The Balaban J connectivity index is 0.00000200. The minimum atomic E-state index is -1.48. The molecule has 1 heterocycles. The molecule has 114 valence electrons. The molecule has 0 radical (unpaired) electrons. The van der Waals surface area contributed by atoms with Crippen molar-refractivity contribution in [3.8, 4) is 0 Å². The maximum Gasteiger partial charge on any atom is 0.331 e. The summed E-state index contributed by atoms with van der Waals surface area (Å²) in [6.07, 6.45) is 1.61. The third kappa shape index (κ3) is 2.36. The molecule has 2 atom stereocenters. The molecular formula is C11H18IN3O5. The molecule has 1 fully saturated rings. The van der Waals surface area contributed by atoms with E-state index in [4.69, 9.17) is 4.74 Å². The van der Waals surface area contributed by atoms with Crippen LogP contribution >= 0.6 is 0 Å². The van der Waals surface area contributed by atoms with Gasteiger partial charge in [-0.25, -0.2) is 0 Å². The number of halogens is 1. The van der Waals surface area contributed by atoms with E-state index in [0.29, 0.717) is 6.54 Å². The molecule has 2 bridgehead atoms. The van der Waals surface area contributed by atoms with Crippen molar-refractivity contribution in [2.45, 2.75) is 23.9 Å². The second-order valence-electron chi connectivity index (χ2n) is 6.18. The van der Waals surface area contributed by atoms with Crippen LogP contribution < -0.4 is 24.0 Å². The molecule has 2 rings (SSSR count). The average molecular weight is 399 g/mol. The monoisotopic (exact) mass is 399 g/mol. The van der Waals surface area contributed by atoms with Gasteiger partial charge in [-0.15, -0.1) is 0 Å². The van der Waals surface area contributed by atoms with Crippen molar-refractivity contribution in [1.29, 1.82) is 0 Å². The van der Waals surface area contributed by atoms with Crippen LogP contribution in [0.15, 0.2) is 11.8 Å². The molecule has 20 heavy (non-hydrogen) atoms. The van der Waals surface area contributed by atoms with Crippen LogP contribution in [0.3, 0.4) is 0 Å². The third-order valence-corrected chi connectivity index (χ3v) is 4.12. The number of nitrogens with zero attached hydrogens (tertiary/aromatic N) is 3. The van der Waals surface area contributed by atoms with Gasteiger partial charge in [-0.2, -0.15) is 0 Å². The summed E-state index contributed by atoms with van der Waals surface area (Å²) in [5.74, 6) is 0.251. The largest absolute Gasteiger partial charge is 1.00 e. The second kappa shape index (κ2) is 5.10. The van der Waals surface area contributed by atoms with Crippen LogP contribution in [0.4, 0.5) is 0 Å². The summed E-state index contributed by atoms with van der Waals surface area (Å²) in [6, 6.07) is 0. The molecule has 2 aliphatic rings. The number of piperidine rings is 1. The Labute approximate surface area is 133 Å². The Kier molecular flexibility index (Phi) is 4.35. The molecule has 0 aromatic rings. The van der Waals surface area contributed by atoms with E-state index >= 15 is 0 Å². The molecule has 0 saturated carbocycles. The highest BCUT2D eigenvalue weighted by Crippen LogP contribution is 2.45. The molecule has 8 nitrogen and oxygen atoms in total. The highest BCUT2D eigenvalue weighted by atomic mass is 127. The lowest BCUT2D eigenvalue weighted by Gasteiger charge is -2.47. The minimum absolute atomic E-state index is 0. The number of hydrogen-bond donors (Lipinski definition) is 0. The Hall–Kier alpha value is -0.970. The van der Waals surface area contributed by atoms with Crippen molar-refractivity contribution in [3.63, 3.8) is 0 Å². The van der Waals surface area contributed by atoms with Crippen molar-refractivity contribution in [3.05, 3.63) is 32.1 Å². The summed E-state index contributed by atoms with van der Waals surface area (Å²) in [5.41, 5.74) is -2.75. The predicted molar refractivity (Wildman–Crippen MR) is 65.6 cm³/mol. The molecule has 2 unspecified atom stereocenters. The topological polar surface area (TPSA) is 95.5 Å². The van der Waals surface area contributed by atoms with E-state index in [9.17, 15) is 20.2 Å². The van der Waals surface area contributed by atoms with Gasteiger partial charge < -0.3 is 33.2 Å². The summed E-state index contributed by atoms with van der Waals surface area (Å²) < 4.78 is 5.39. The van der Waals surface area contributed by atoms with E-state index in [0.717, 1.165) is 0 Å². The summed E-state index contributed by atoms with van der Waals surface area (Å²) >= 11 is 0. The van der Waals surface area contributed by atoms with E-state index in [1.54, 1.807) is 14.1 Å². The number of quaternary nitrogens is 1. The first kappa shape index (κ1) is 17.1. The first-order chi connectivity index (χ1) is 8.67. The van der Waals surface area contributed by atoms with Crippen molar-refractivity contribution < 1.29 is 43.0 Å². The summed E-state index contributed by atoms with van der Waals surface area (Å²) in [4.78, 5) is 22.2. The van der Waals surface area contributed by atoms with Gasteiger partial charge in [0.25, 0.3) is 5.54 Å². The molecule has 1 saturated heterocycles. The zero-order valence-corrected chi connectivity index (χ0v) is 13.8. The first-order valence-electron chi connectivity index (χ1n) is 6.03. The van der Waals surface area contributed by atoms with Crippen molar-refractivity contribution in [2.24, 2.45) is 0 Å². The molecule has 1 aliphatic heterocycles. The van der Waals surface area contributed by atoms with Crippen molar-refractivity contribution in [1.82, 2.24) is 0 Å². The lowest BCUT2D eigenvalue weighted by molar-refractivity contribution is -0.934.